The molecule has 0 aliphatic carbocycles. The van der Waals surface area contributed by atoms with E-state index in [4.69, 9.17) is 21.1 Å². The van der Waals surface area contributed by atoms with Crippen molar-refractivity contribution >= 4 is 40.2 Å². The topological polar surface area (TPSA) is 80.7 Å². The lowest BCUT2D eigenvalue weighted by molar-refractivity contribution is -0.149. The molecule has 1 unspecified atom stereocenters. The highest BCUT2D eigenvalue weighted by Crippen LogP contribution is 2.35. The zero-order chi connectivity index (χ0) is 27.1. The Morgan fingerprint density at radius 2 is 2.03 bits per heavy atom. The zero-order valence-corrected chi connectivity index (χ0v) is 22.7. The largest absolute Gasteiger partial charge is 0.497 e. The molecule has 1 atom stereocenters. The van der Waals surface area contributed by atoms with Crippen LogP contribution in [-0.4, -0.2) is 48.6 Å². The predicted molar refractivity (Wildman–Crippen MR) is 145 cm³/mol. The Kier molecular flexibility index (Phi) is 10.2. The van der Waals surface area contributed by atoms with E-state index in [2.05, 4.69) is 10.3 Å². The van der Waals surface area contributed by atoms with E-state index in [9.17, 15) is 18.7 Å². The van der Waals surface area contributed by atoms with Crippen molar-refractivity contribution in [3.63, 3.8) is 0 Å². The van der Waals surface area contributed by atoms with Gasteiger partial charge in [0.2, 0.25) is 0 Å². The Bertz CT molecular complexity index is 1270. The van der Waals surface area contributed by atoms with Gasteiger partial charge in [-0.1, -0.05) is 11.6 Å². The summed E-state index contributed by atoms with van der Waals surface area (Å²) >= 11 is 7.53. The molecule has 204 valence electrons. The minimum atomic E-state index is -1.01. The molecular formula is C28H31ClF2N2O4S. The van der Waals surface area contributed by atoms with Gasteiger partial charge in [-0.15, -0.1) is 11.8 Å². The van der Waals surface area contributed by atoms with Crippen molar-refractivity contribution in [2.24, 2.45) is 5.92 Å². The van der Waals surface area contributed by atoms with Crippen molar-refractivity contribution < 1.29 is 28.2 Å². The summed E-state index contributed by atoms with van der Waals surface area (Å²) in [7, 11) is 1.54. The number of hydrogen-bond donors (Lipinski definition) is 2. The number of pyridine rings is 1. The van der Waals surface area contributed by atoms with Gasteiger partial charge in [-0.25, -0.2) is 8.78 Å². The molecule has 38 heavy (non-hydrogen) atoms. The maximum atomic E-state index is 14.8. The van der Waals surface area contributed by atoms with Gasteiger partial charge in [0.1, 0.15) is 17.4 Å². The van der Waals surface area contributed by atoms with Gasteiger partial charge in [0.05, 0.1) is 36.3 Å². The molecule has 1 aliphatic rings. The molecule has 1 saturated heterocycles. The van der Waals surface area contributed by atoms with E-state index in [0.717, 1.165) is 25.9 Å². The number of piperidine rings is 1. The molecule has 0 amide bonds. The highest BCUT2D eigenvalue weighted by molar-refractivity contribution is 7.99. The predicted octanol–water partition coefficient (Wildman–Crippen LogP) is 5.87. The first-order valence-electron chi connectivity index (χ1n) is 12.7. The smallest absolute Gasteiger partial charge is 0.309 e. The summed E-state index contributed by atoms with van der Waals surface area (Å²) in [5.41, 5.74) is 1.29. The summed E-state index contributed by atoms with van der Waals surface area (Å²) in [4.78, 5) is 16.6. The molecule has 1 aliphatic heterocycles. The van der Waals surface area contributed by atoms with Crippen molar-refractivity contribution in [1.29, 1.82) is 0 Å². The Labute approximate surface area is 230 Å². The third-order valence-corrected chi connectivity index (χ3v) is 8.07. The van der Waals surface area contributed by atoms with Gasteiger partial charge in [0, 0.05) is 27.8 Å². The van der Waals surface area contributed by atoms with Crippen LogP contribution in [0.1, 0.15) is 42.9 Å². The van der Waals surface area contributed by atoms with Gasteiger partial charge >= 0.3 is 5.97 Å². The van der Waals surface area contributed by atoms with Gasteiger partial charge in [-0.05, 0) is 81.1 Å². The van der Waals surface area contributed by atoms with Crippen LogP contribution in [0.15, 0.2) is 41.4 Å². The van der Waals surface area contributed by atoms with E-state index < -0.39 is 17.7 Å². The third kappa shape index (κ3) is 7.14. The molecule has 4 rings (SSSR count). The lowest BCUT2D eigenvalue weighted by atomic mass is 9.98. The summed E-state index contributed by atoms with van der Waals surface area (Å²) in [5, 5.41) is 15.1. The quantitative estimate of drug-likeness (QED) is 0.171. The number of nitrogens with zero attached hydrogens (tertiary/aromatic N) is 1. The molecule has 10 heteroatoms. The number of hydrogen-bond acceptors (Lipinski definition) is 7. The number of methoxy groups -OCH3 is 1. The minimum absolute atomic E-state index is 0.0577. The SMILES string of the molecule is COc1ccc2ncc(Cl)c(C(O)CCc3cc(F)c(SCCCOC(=O)C4CCNCC4)cc3F)c2c1. The van der Waals surface area contributed by atoms with E-state index in [1.54, 1.807) is 25.3 Å². The Morgan fingerprint density at radius 3 is 2.79 bits per heavy atom. The van der Waals surface area contributed by atoms with Crippen molar-refractivity contribution in [2.75, 3.05) is 32.6 Å². The van der Waals surface area contributed by atoms with E-state index in [1.807, 2.05) is 0 Å². The number of thioether (sulfide) groups is 1. The van der Waals surface area contributed by atoms with Gasteiger partial charge in [0.15, 0.2) is 0 Å². The van der Waals surface area contributed by atoms with Crippen LogP contribution in [0.5, 0.6) is 5.75 Å². The van der Waals surface area contributed by atoms with Crippen LogP contribution in [0.4, 0.5) is 8.78 Å². The molecule has 2 N–H and O–H groups in total. The Hall–Kier alpha value is -2.46. The molecule has 1 aromatic heterocycles. The number of esters is 1. The number of rotatable bonds is 11. The number of carbonyl (C=O) groups excluding carboxylic acids is 1. The number of aliphatic hydroxyl groups excluding tert-OH is 1. The highest BCUT2D eigenvalue weighted by atomic mass is 35.5. The number of benzene rings is 2. The molecule has 1 fully saturated rings. The summed E-state index contributed by atoms with van der Waals surface area (Å²) in [6.45, 7) is 1.89. The number of fused-ring (bicyclic) bond motifs is 1. The van der Waals surface area contributed by atoms with Crippen molar-refractivity contribution in [3.05, 3.63) is 64.3 Å². The number of carbonyl (C=O) groups is 1. The third-order valence-electron chi connectivity index (χ3n) is 6.65. The number of nitrogens with one attached hydrogen (secondary N) is 1. The molecule has 0 bridgehead atoms. The van der Waals surface area contributed by atoms with Gasteiger partial charge in [-0.3, -0.25) is 9.78 Å². The summed E-state index contributed by atoms with van der Waals surface area (Å²) in [5.74, 6) is -0.213. The molecule has 2 heterocycles. The van der Waals surface area contributed by atoms with Crippen LogP contribution in [0, 0.1) is 17.6 Å². The van der Waals surface area contributed by atoms with Gasteiger partial charge in [-0.2, -0.15) is 0 Å². The lowest BCUT2D eigenvalue weighted by Crippen LogP contribution is -2.32. The lowest BCUT2D eigenvalue weighted by Gasteiger charge is -2.20. The van der Waals surface area contributed by atoms with E-state index >= 15 is 0 Å². The first-order valence-corrected chi connectivity index (χ1v) is 14.0. The molecule has 2 aromatic carbocycles. The number of aliphatic hydroxyl groups is 1. The Balaban J connectivity index is 1.31. The van der Waals surface area contributed by atoms with Crippen molar-refractivity contribution in [2.45, 2.75) is 43.1 Å². The number of aryl methyl sites for hydroxylation is 1. The molecule has 0 radical (unpaired) electrons. The second-order valence-electron chi connectivity index (χ2n) is 9.23. The number of ether oxygens (including phenoxy) is 2. The molecule has 6 nitrogen and oxygen atoms in total. The van der Waals surface area contributed by atoms with Crippen molar-refractivity contribution in [3.8, 4) is 5.75 Å². The Morgan fingerprint density at radius 1 is 1.24 bits per heavy atom. The first-order chi connectivity index (χ1) is 18.4. The zero-order valence-electron chi connectivity index (χ0n) is 21.1. The average Bonchev–Trinajstić information content (AvgIpc) is 2.93. The maximum Gasteiger partial charge on any atom is 0.309 e. The molecule has 0 saturated carbocycles. The highest BCUT2D eigenvalue weighted by Gasteiger charge is 2.22. The van der Waals surface area contributed by atoms with Gasteiger partial charge in [0.25, 0.3) is 0 Å². The fourth-order valence-electron chi connectivity index (χ4n) is 4.53. The summed E-state index contributed by atoms with van der Waals surface area (Å²) in [6, 6.07) is 7.64. The summed E-state index contributed by atoms with van der Waals surface area (Å²) in [6.07, 6.45) is 2.82. The molecule has 0 spiro atoms. The van der Waals surface area contributed by atoms with Crippen LogP contribution in [-0.2, 0) is 16.0 Å². The van der Waals surface area contributed by atoms with E-state index in [0.29, 0.717) is 34.4 Å². The second kappa shape index (κ2) is 13.6. The average molecular weight is 565 g/mol. The van der Waals surface area contributed by atoms with Crippen LogP contribution < -0.4 is 10.1 Å². The van der Waals surface area contributed by atoms with Crippen LogP contribution in [0.25, 0.3) is 10.9 Å². The summed E-state index contributed by atoms with van der Waals surface area (Å²) < 4.78 is 40.2. The molecule has 3 aromatic rings. The number of aromatic nitrogens is 1. The second-order valence-corrected chi connectivity index (χ2v) is 10.8. The van der Waals surface area contributed by atoms with Gasteiger partial charge < -0.3 is 19.9 Å². The van der Waals surface area contributed by atoms with E-state index in [-0.39, 0.29) is 46.8 Å². The first kappa shape index (κ1) is 28.5. The minimum Gasteiger partial charge on any atom is -0.497 e. The van der Waals surface area contributed by atoms with Crippen molar-refractivity contribution in [1.82, 2.24) is 10.3 Å². The van der Waals surface area contributed by atoms with Crippen LogP contribution in [0.3, 0.4) is 0 Å². The van der Waals surface area contributed by atoms with Crippen LogP contribution in [0.2, 0.25) is 5.02 Å². The monoisotopic (exact) mass is 564 g/mol. The van der Waals surface area contributed by atoms with Crippen LogP contribution >= 0.6 is 23.4 Å². The normalized spacial score (nSPS) is 15.0. The number of halogens is 3. The standard InChI is InChI=1S/C28H31ClF2N2O4S/c1-36-19-4-5-24-20(14-19)27(21(29)16-33-24)25(34)6-3-18-13-23(31)26(15-22(18)30)38-12-2-11-37-28(35)17-7-9-32-10-8-17/h4-5,13-17,25,32,34H,2-3,6-12H2,1H3. The maximum absolute atomic E-state index is 14.8. The molecular weight excluding hydrogens is 534 g/mol. The fourth-order valence-corrected chi connectivity index (χ4v) is 5.67. The van der Waals surface area contributed by atoms with E-state index in [1.165, 1.54) is 30.1 Å². The fraction of sp³-hybridized carbons (Fsp3) is 0.429.